The Morgan fingerprint density at radius 3 is 1.25 bits per heavy atom. The third-order valence-corrected chi connectivity index (χ3v) is 36.6. The molecule has 4 N–H and O–H groups in total. The highest BCUT2D eigenvalue weighted by molar-refractivity contribution is 14.2. The van der Waals surface area contributed by atoms with Gasteiger partial charge in [-0.3, -0.25) is 14.2 Å². The fraction of sp³-hybridized carbons (Fsp3) is 0.189. The first kappa shape index (κ1) is 78.6. The minimum absolute atomic E-state index is 0.296. The Bertz CT molecular complexity index is 5450. The van der Waals surface area contributed by atoms with Gasteiger partial charge in [-0.25, -0.2) is 4.85 Å². The fourth-order valence-corrected chi connectivity index (χ4v) is 30.6. The number of nitrogens with one attached hydrogen (secondary N) is 4. The lowest BCUT2D eigenvalue weighted by atomic mass is 10.0. The van der Waals surface area contributed by atoms with E-state index in [0.717, 1.165) is 85.1 Å². The monoisotopic (exact) mass is 2160 g/mol. The maximum Gasteiger partial charge on any atom is 0.224 e. The molecule has 14 heterocycles. The third-order valence-electron chi connectivity index (χ3n) is 15.7. The largest absolute Gasteiger partial charge is 0.278 e. The molecule has 102 heavy (non-hydrogen) atoms. The molecule has 1 aromatic carbocycles. The van der Waals surface area contributed by atoms with Crippen molar-refractivity contribution in [2.24, 2.45) is 0 Å². The molecule has 0 saturated heterocycles. The number of hydrogen-bond acceptors (Lipinski definition) is 21. The van der Waals surface area contributed by atoms with Crippen LogP contribution in [-0.4, -0.2) is 33.5 Å². The van der Waals surface area contributed by atoms with Crippen molar-refractivity contribution in [2.45, 2.75) is 67.2 Å². The normalized spacial score (nSPS) is 11.0. The number of hydrogen-bond donors (Lipinski definition) is 4. The van der Waals surface area contributed by atoms with Crippen molar-refractivity contribution in [1.82, 2.24) is 8.75 Å². The summed E-state index contributed by atoms with van der Waals surface area (Å²) in [5, 5.41) is 18.3. The number of halogens is 5. The zero-order valence-corrected chi connectivity index (χ0v) is 77.7. The minimum Gasteiger partial charge on any atom is -0.278 e. The predicted molar refractivity (Wildman–Crippen MR) is 505 cm³/mol. The van der Waals surface area contributed by atoms with E-state index in [0.29, 0.717) is 11.3 Å². The maximum atomic E-state index is 9.82. The highest BCUT2D eigenvalue weighted by atomic mass is 127. The summed E-state index contributed by atoms with van der Waals surface area (Å²) >= 11 is 25.1. The molecule has 0 saturated carbocycles. The van der Waals surface area contributed by atoms with Crippen LogP contribution in [0.5, 0.6) is 0 Å². The Balaban J connectivity index is 0.000000140. The molecule has 8 nitrogen and oxygen atoms in total. The summed E-state index contributed by atoms with van der Waals surface area (Å²) < 4.78 is 49.2. The second kappa shape index (κ2) is 39.4. The third kappa shape index (κ3) is 19.5. The van der Waals surface area contributed by atoms with Crippen LogP contribution < -0.4 is 0 Å². The average molecular weight is 2160 g/mol. The summed E-state index contributed by atoms with van der Waals surface area (Å²) in [5.41, 5.74) is 14.2. The molecule has 0 unspecified atom stereocenters. The van der Waals surface area contributed by atoms with Crippen LogP contribution in [0, 0.1) is 73.7 Å². The van der Waals surface area contributed by atoms with Gasteiger partial charge in [-0.2, -0.15) is 36.4 Å². The summed E-state index contributed by atoms with van der Waals surface area (Å²) in [4.78, 5) is 32.0. The molecule has 0 aliphatic heterocycles. The van der Waals surface area contributed by atoms with Gasteiger partial charge in [0.2, 0.25) is 5.69 Å². The molecule has 0 aliphatic carbocycles. The lowest BCUT2D eigenvalue weighted by Crippen LogP contribution is -1.84. The Hall–Kier alpha value is -2.97. The molecule has 0 atom stereocenters. The topological polar surface area (TPSA) is 149 Å². The van der Waals surface area contributed by atoms with Crippen LogP contribution in [0.3, 0.4) is 0 Å². The van der Waals surface area contributed by atoms with Crippen molar-refractivity contribution in [3.63, 3.8) is 0 Å². The Kier molecular flexibility index (Phi) is 30.4. The van der Waals surface area contributed by atoms with Crippen LogP contribution in [0.1, 0.15) is 58.5 Å². The van der Waals surface area contributed by atoms with Gasteiger partial charge in [0.15, 0.2) is 5.67 Å². The molecular weight excluding hydrogens is 2100 g/mol. The number of fused-ring (bicyclic) bond motifs is 1. The number of rotatable bonds is 22. The van der Waals surface area contributed by atoms with Crippen molar-refractivity contribution in [2.75, 3.05) is 17.7 Å². The van der Waals surface area contributed by atoms with Crippen molar-refractivity contribution in [3.8, 4) is 105 Å². The van der Waals surface area contributed by atoms with Gasteiger partial charge in [-0.1, -0.05) is 18.2 Å². The van der Waals surface area contributed by atoms with E-state index >= 15 is 0 Å². The zero-order valence-electron chi connectivity index (χ0n) is 56.5. The molecular formula is C74H63BI5N8S14. The summed E-state index contributed by atoms with van der Waals surface area (Å²) in [6.07, 6.45) is 4.23. The van der Waals surface area contributed by atoms with Crippen LogP contribution in [-0.2, 0) is 25.7 Å². The van der Waals surface area contributed by atoms with Crippen molar-refractivity contribution >= 4 is 288 Å². The highest BCUT2D eigenvalue weighted by Crippen LogP contribution is 2.54. The second-order valence-corrected chi connectivity index (χ2v) is 44.0. The van der Waals surface area contributed by atoms with Gasteiger partial charge in [0.05, 0.1) is 39.7 Å². The van der Waals surface area contributed by atoms with Gasteiger partial charge in [-0.15, -0.1) is 147 Å². The van der Waals surface area contributed by atoms with Gasteiger partial charge in [0.25, 0.3) is 0 Å². The summed E-state index contributed by atoms with van der Waals surface area (Å²) in [6, 6.07) is 46.5. The Morgan fingerprint density at radius 1 is 0.422 bits per heavy atom. The van der Waals surface area contributed by atoms with Crippen molar-refractivity contribution in [3.05, 3.63) is 213 Å². The number of benzene rings is 1. The molecule has 0 fully saturated rings. The van der Waals surface area contributed by atoms with Crippen LogP contribution >= 0.6 is 266 Å². The number of nitrogens with zero attached hydrogens (tertiary/aromatic N) is 4. The van der Waals surface area contributed by atoms with E-state index in [9.17, 15) is 5.26 Å². The van der Waals surface area contributed by atoms with Gasteiger partial charge < -0.3 is 0 Å². The Morgan fingerprint density at radius 2 is 0.824 bits per heavy atom. The molecule has 1 radical (unpaired) electrons. The molecule has 14 aromatic heterocycles. The fourth-order valence-electron chi connectivity index (χ4n) is 10.7. The number of aromatic nitrogens is 2. The molecule has 521 valence electrons. The van der Waals surface area contributed by atoms with E-state index in [1.54, 1.807) is 68.0 Å². The van der Waals surface area contributed by atoms with Gasteiger partial charge in [0, 0.05) is 126 Å². The summed E-state index contributed by atoms with van der Waals surface area (Å²) in [6.45, 7) is 20.7. The van der Waals surface area contributed by atoms with Crippen LogP contribution in [0.2, 0.25) is 0 Å². The summed E-state index contributed by atoms with van der Waals surface area (Å²) in [5.74, 6) is 0. The first-order valence-electron chi connectivity index (χ1n) is 31.7. The molecule has 0 spiro atoms. The van der Waals surface area contributed by atoms with E-state index in [-0.39, 0.29) is 63.1 Å². The quantitative estimate of drug-likeness (QED) is 0.0232. The number of nitriles is 1. The molecule has 0 aliphatic rings. The molecule has 15 rings (SSSR count). The first-order chi connectivity index (χ1) is 50.2. The second-order valence-electron chi connectivity index (χ2n) is 22.5. The number of alkyl halides is 4. The predicted octanol–water partition coefficient (Wildman–Crippen LogP) is 31.8. The summed E-state index contributed by atoms with van der Waals surface area (Å²) in [7, 11) is 0. The van der Waals surface area contributed by atoms with E-state index < -0.39 is 21.0 Å². The SMILES string of the molecule is Cc1ccsc1-c1ccc(-c2sc(-c3ccc(CCI=N)s3)cc2C)c2nsnc12.Cc1ccsc1-c1ccc(-c2sc(-c3ccc(CCI=N)s3)cc2C)s1.N=ICCc1ccc(-c2cccs2)s1.[3H][B]I.[C-]#[N+]c1c(-c2sc(-c3ccc(CCI=N)s3)cc2C)sc(-c2sccc2C)c1C#N. The van der Waals surface area contributed by atoms with Crippen molar-refractivity contribution < 1.29 is 0 Å². The lowest BCUT2D eigenvalue weighted by molar-refractivity contribution is 1.23. The molecule has 15 aromatic rings. The van der Waals surface area contributed by atoms with Gasteiger partial charge in [0.1, 0.15) is 11.0 Å². The van der Waals surface area contributed by atoms with Crippen LogP contribution in [0.25, 0.3) is 115 Å². The smallest absolute Gasteiger partial charge is 0.224 e. The molecule has 0 bridgehead atoms. The van der Waals surface area contributed by atoms with E-state index in [2.05, 4.69) is 199 Å². The first-order valence-corrected chi connectivity index (χ1v) is 54.4. The standard InChI is InChI=1S/C22H18IN3S4.C22H16IN3S4.C20H18INS4.C10H10INS2.BHI/c1-12-8-10-27-21(12)15-4-5-16(20-19(15)25-30-26-20)22-13(2)11-18(29-22)17-6-3-14(28-17)7-9-23-24;1-12-7-9-27-19(12)21-15(11-24)18(26-3)22(30-21)20-13(2)10-17(29-20)16-5-4-14(28-16)6-8-23-25;1-12-8-10-23-19(12)16-5-6-17(25-16)20-13(2)11-18(26-20)15-4-3-14(24-15)7-9-21-22;12-11-6-5-8-3-4-10(14-8)9-2-1-7-13-9;1-2/h3-6,8,10-11,24H,7,9H2,1-2H3;4-5,7,9-10,25H,6,8H2,1-2H3;3-6,8,10-11,22H,7,9H2,1-2H3;1-4,7,12H,5-6H2;1H/i;;;;1T. The van der Waals surface area contributed by atoms with E-state index in [1.807, 2.05) is 107 Å². The van der Waals surface area contributed by atoms with E-state index in [4.69, 9.17) is 22.2 Å². The zero-order chi connectivity index (χ0) is 72.5. The van der Waals surface area contributed by atoms with Crippen LogP contribution in [0.15, 0.2) is 143 Å². The average Bonchev–Trinajstić information content (AvgIpc) is 1.64. The van der Waals surface area contributed by atoms with Crippen molar-refractivity contribution in [1.29, 1.82) is 20.8 Å². The van der Waals surface area contributed by atoms with Gasteiger partial charge in [-0.05, 0) is 311 Å². The Labute approximate surface area is 709 Å². The van der Waals surface area contributed by atoms with Crippen LogP contribution in [0.4, 0.5) is 5.69 Å². The maximum absolute atomic E-state index is 9.82. The lowest BCUT2D eigenvalue weighted by Gasteiger charge is -2.06. The van der Waals surface area contributed by atoms with Gasteiger partial charge >= 0.3 is 0 Å². The molecule has 0 amide bonds. The number of aryl methyl sites for hydroxylation is 10. The highest BCUT2D eigenvalue weighted by Gasteiger charge is 2.26. The van der Waals surface area contributed by atoms with E-state index in [1.165, 1.54) is 139 Å². The molecule has 28 heteroatoms. The minimum atomic E-state index is -0.416. The number of thiophene rings is 13.